The van der Waals surface area contributed by atoms with Gasteiger partial charge in [0.2, 0.25) is 5.78 Å². The highest BCUT2D eigenvalue weighted by Crippen LogP contribution is 2.59. The zero-order valence-corrected chi connectivity index (χ0v) is 10.6. The molecular weight excluding hydrogens is 234 g/mol. The van der Waals surface area contributed by atoms with Crippen molar-refractivity contribution in [2.24, 2.45) is 23.5 Å². The van der Waals surface area contributed by atoms with Crippen molar-refractivity contribution in [3.8, 4) is 0 Å². The van der Waals surface area contributed by atoms with Crippen LogP contribution in [0.3, 0.4) is 0 Å². The molecule has 1 saturated heterocycles. The fourth-order valence-corrected chi connectivity index (χ4v) is 3.51. The minimum absolute atomic E-state index is 0.133. The van der Waals surface area contributed by atoms with E-state index in [0.717, 1.165) is 11.8 Å². The van der Waals surface area contributed by atoms with E-state index in [4.69, 9.17) is 15.2 Å². The topological polar surface area (TPSA) is 81.9 Å². The van der Waals surface area contributed by atoms with Crippen molar-refractivity contribution in [1.82, 2.24) is 0 Å². The number of fused-ring (bicyclic) bond motifs is 1. The third kappa shape index (κ3) is 2.00. The van der Waals surface area contributed by atoms with Gasteiger partial charge in [0.05, 0.1) is 6.61 Å². The summed E-state index contributed by atoms with van der Waals surface area (Å²) in [6.07, 6.45) is 2.83. The third-order valence-corrected chi connectivity index (χ3v) is 4.72. The van der Waals surface area contributed by atoms with E-state index < -0.39 is 17.8 Å². The minimum atomic E-state index is -0.872. The molecule has 5 nitrogen and oxygen atoms in total. The van der Waals surface area contributed by atoms with Crippen LogP contribution in [-0.4, -0.2) is 30.2 Å². The van der Waals surface area contributed by atoms with Gasteiger partial charge in [-0.15, -0.1) is 0 Å². The molecule has 2 aliphatic carbocycles. The Labute approximate surface area is 106 Å². The first-order valence-electron chi connectivity index (χ1n) is 6.65. The van der Waals surface area contributed by atoms with Gasteiger partial charge in [-0.1, -0.05) is 6.42 Å². The summed E-state index contributed by atoms with van der Waals surface area (Å²) in [5.74, 6) is 1.88. The summed E-state index contributed by atoms with van der Waals surface area (Å²) < 4.78 is 10.1. The first-order valence-corrected chi connectivity index (χ1v) is 6.65. The predicted octanol–water partition coefficient (Wildman–Crippen LogP) is 1.24. The zero-order valence-electron chi connectivity index (χ0n) is 10.6. The molecule has 1 aliphatic heterocycles. The Kier molecular flexibility index (Phi) is 2.62. The van der Waals surface area contributed by atoms with E-state index in [0.29, 0.717) is 18.9 Å². The standard InChI is InChI=1S/C13H19NO4/c1-13(6-17-13)11(15)10(18-12(14)16)5-9-7-3-2-4-8(7)9/h7-10H,2-6H2,1H3,(H2,14,16)/t7-,8+,9-,10-,13+/m0/s1. The molecule has 2 N–H and O–H groups in total. The van der Waals surface area contributed by atoms with Crippen molar-refractivity contribution < 1.29 is 19.1 Å². The minimum Gasteiger partial charge on any atom is -0.438 e. The molecule has 0 aromatic carbocycles. The Morgan fingerprint density at radius 1 is 1.44 bits per heavy atom. The van der Waals surface area contributed by atoms with Crippen LogP contribution in [0.15, 0.2) is 0 Å². The van der Waals surface area contributed by atoms with E-state index in [1.54, 1.807) is 6.92 Å². The summed E-state index contributed by atoms with van der Waals surface area (Å²) in [5, 5.41) is 0. The maximum atomic E-state index is 12.2. The quantitative estimate of drug-likeness (QED) is 0.747. The highest BCUT2D eigenvalue weighted by molar-refractivity contribution is 5.94. The van der Waals surface area contributed by atoms with Crippen LogP contribution in [0.25, 0.3) is 0 Å². The van der Waals surface area contributed by atoms with Crippen molar-refractivity contribution >= 4 is 11.9 Å². The molecule has 1 heterocycles. The van der Waals surface area contributed by atoms with Gasteiger partial charge in [-0.05, 0) is 43.9 Å². The van der Waals surface area contributed by atoms with Crippen LogP contribution in [0.2, 0.25) is 0 Å². The number of carbonyl (C=O) groups excluding carboxylic acids is 2. The second-order valence-electron chi connectivity index (χ2n) is 5.97. The maximum absolute atomic E-state index is 12.2. The Bertz CT molecular complexity index is 380. The predicted molar refractivity (Wildman–Crippen MR) is 62.8 cm³/mol. The van der Waals surface area contributed by atoms with Crippen molar-refractivity contribution in [2.45, 2.75) is 44.3 Å². The second kappa shape index (κ2) is 3.95. The van der Waals surface area contributed by atoms with Crippen LogP contribution >= 0.6 is 0 Å². The molecule has 0 spiro atoms. The molecule has 0 aromatic heterocycles. The Morgan fingerprint density at radius 2 is 2.06 bits per heavy atom. The highest BCUT2D eigenvalue weighted by atomic mass is 16.6. The number of amides is 1. The molecule has 5 heteroatoms. The summed E-state index contributed by atoms with van der Waals surface area (Å²) >= 11 is 0. The summed E-state index contributed by atoms with van der Waals surface area (Å²) in [7, 11) is 0. The van der Waals surface area contributed by atoms with Crippen LogP contribution in [0.4, 0.5) is 4.79 Å². The molecule has 3 aliphatic rings. The molecule has 0 bridgehead atoms. The van der Waals surface area contributed by atoms with Gasteiger partial charge in [-0.2, -0.15) is 0 Å². The van der Waals surface area contributed by atoms with Gasteiger partial charge in [-0.25, -0.2) is 4.79 Å². The van der Waals surface area contributed by atoms with Gasteiger partial charge in [0.15, 0.2) is 11.7 Å². The molecule has 18 heavy (non-hydrogen) atoms. The van der Waals surface area contributed by atoms with E-state index in [9.17, 15) is 9.59 Å². The number of ketones is 1. The molecule has 0 aromatic rings. The molecule has 0 radical (unpaired) electrons. The molecule has 5 atom stereocenters. The van der Waals surface area contributed by atoms with Gasteiger partial charge in [0.25, 0.3) is 0 Å². The van der Waals surface area contributed by atoms with Gasteiger partial charge in [0.1, 0.15) is 0 Å². The number of nitrogens with two attached hydrogens (primary N) is 1. The lowest BCUT2D eigenvalue weighted by Gasteiger charge is -2.18. The summed E-state index contributed by atoms with van der Waals surface area (Å²) in [5.41, 5.74) is 4.31. The number of hydrogen-bond donors (Lipinski definition) is 1. The SMILES string of the molecule is C[C@]1(C(=O)[C@H](C[C@@H]2[C@@H]3CCC[C@@H]32)OC(N)=O)CO1. The number of carbonyl (C=O) groups is 2. The Morgan fingerprint density at radius 3 is 2.56 bits per heavy atom. The van der Waals surface area contributed by atoms with E-state index in [1.165, 1.54) is 19.3 Å². The molecule has 0 unspecified atom stereocenters. The second-order valence-corrected chi connectivity index (χ2v) is 5.97. The van der Waals surface area contributed by atoms with Gasteiger partial charge >= 0.3 is 6.09 Å². The van der Waals surface area contributed by atoms with E-state index in [1.807, 2.05) is 0 Å². The van der Waals surface area contributed by atoms with Crippen LogP contribution in [0, 0.1) is 17.8 Å². The third-order valence-electron chi connectivity index (χ3n) is 4.72. The number of Topliss-reactive ketones (excluding diaryl/α,β-unsaturated/α-hetero) is 1. The van der Waals surface area contributed by atoms with Gasteiger partial charge < -0.3 is 15.2 Å². The summed E-state index contributed by atoms with van der Waals surface area (Å²) in [6.45, 7) is 2.16. The lowest BCUT2D eigenvalue weighted by molar-refractivity contribution is -0.132. The van der Waals surface area contributed by atoms with Crippen LogP contribution in [0.5, 0.6) is 0 Å². The smallest absolute Gasteiger partial charge is 0.405 e. The van der Waals surface area contributed by atoms with E-state index >= 15 is 0 Å². The molecule has 100 valence electrons. The van der Waals surface area contributed by atoms with Crippen molar-refractivity contribution in [3.63, 3.8) is 0 Å². The molecule has 3 rings (SSSR count). The molecule has 3 fully saturated rings. The van der Waals surface area contributed by atoms with Crippen molar-refractivity contribution in [3.05, 3.63) is 0 Å². The van der Waals surface area contributed by atoms with Gasteiger partial charge in [-0.3, -0.25) is 4.79 Å². The average molecular weight is 253 g/mol. The van der Waals surface area contributed by atoms with Crippen LogP contribution < -0.4 is 5.73 Å². The molecule has 1 amide bonds. The Hall–Kier alpha value is -1.10. The number of ether oxygens (including phenoxy) is 2. The number of rotatable bonds is 5. The average Bonchev–Trinajstić information content (AvgIpc) is 3.14. The highest BCUT2D eigenvalue weighted by Gasteiger charge is 2.57. The molecular formula is C13H19NO4. The van der Waals surface area contributed by atoms with E-state index in [-0.39, 0.29) is 5.78 Å². The number of hydrogen-bond acceptors (Lipinski definition) is 4. The fraction of sp³-hybridized carbons (Fsp3) is 0.846. The largest absolute Gasteiger partial charge is 0.438 e. The fourth-order valence-electron chi connectivity index (χ4n) is 3.51. The number of primary amides is 1. The number of epoxide rings is 1. The zero-order chi connectivity index (χ0) is 12.9. The first-order chi connectivity index (χ1) is 8.51. The van der Waals surface area contributed by atoms with Gasteiger partial charge in [0, 0.05) is 0 Å². The lowest BCUT2D eigenvalue weighted by atomic mass is 9.96. The lowest BCUT2D eigenvalue weighted by Crippen LogP contribution is -2.38. The maximum Gasteiger partial charge on any atom is 0.405 e. The summed E-state index contributed by atoms with van der Waals surface area (Å²) in [6, 6.07) is 0. The van der Waals surface area contributed by atoms with Crippen molar-refractivity contribution in [2.75, 3.05) is 6.61 Å². The molecule has 2 saturated carbocycles. The van der Waals surface area contributed by atoms with Crippen LogP contribution in [0.1, 0.15) is 32.6 Å². The Balaban J connectivity index is 1.62. The monoisotopic (exact) mass is 253 g/mol. The first kappa shape index (κ1) is 12.0. The van der Waals surface area contributed by atoms with Crippen LogP contribution in [-0.2, 0) is 14.3 Å². The normalized spacial score (nSPS) is 41.9. The van der Waals surface area contributed by atoms with E-state index in [2.05, 4.69) is 0 Å². The van der Waals surface area contributed by atoms with Crippen molar-refractivity contribution in [1.29, 1.82) is 0 Å². The summed E-state index contributed by atoms with van der Waals surface area (Å²) in [4.78, 5) is 23.1.